The smallest absolute Gasteiger partial charge is 0.267 e. The topological polar surface area (TPSA) is 68.3 Å². The summed E-state index contributed by atoms with van der Waals surface area (Å²) >= 11 is 1.32. The average Bonchev–Trinajstić information content (AvgIpc) is 2.65. The second-order valence-corrected chi connectivity index (χ2v) is 7.70. The summed E-state index contributed by atoms with van der Waals surface area (Å²) < 4.78 is 33.0. The zero-order chi connectivity index (χ0) is 15.8. The van der Waals surface area contributed by atoms with E-state index < -0.39 is 10.0 Å². The van der Waals surface area contributed by atoms with Gasteiger partial charge in [0.05, 0.1) is 12.8 Å². The SMILES string of the molecule is COc1cc(C)cc(C)c1S(=O)(=O)Nc1nc(C)c(C)s1. The number of ether oxygens (including phenoxy) is 1. The summed E-state index contributed by atoms with van der Waals surface area (Å²) in [7, 11) is -2.27. The number of methoxy groups -OCH3 is 1. The van der Waals surface area contributed by atoms with Gasteiger partial charge in [0.25, 0.3) is 10.0 Å². The highest BCUT2D eigenvalue weighted by Gasteiger charge is 2.24. The average molecular weight is 326 g/mol. The van der Waals surface area contributed by atoms with E-state index in [-0.39, 0.29) is 4.90 Å². The number of hydrogen-bond donors (Lipinski definition) is 1. The highest BCUT2D eigenvalue weighted by molar-refractivity contribution is 7.93. The maximum Gasteiger partial charge on any atom is 0.267 e. The largest absolute Gasteiger partial charge is 0.495 e. The Morgan fingerprint density at radius 2 is 1.86 bits per heavy atom. The van der Waals surface area contributed by atoms with E-state index >= 15 is 0 Å². The number of hydrogen-bond acceptors (Lipinski definition) is 5. The van der Waals surface area contributed by atoms with Gasteiger partial charge in [0.15, 0.2) is 5.13 Å². The standard InChI is InChI=1S/C14H18N2O3S2/c1-8-6-9(2)13(12(7-8)19-5)21(17,18)16-14-15-10(3)11(4)20-14/h6-7H,1-5H3,(H,15,16). The molecule has 1 heterocycles. The number of nitrogens with one attached hydrogen (secondary N) is 1. The zero-order valence-corrected chi connectivity index (χ0v) is 14.3. The van der Waals surface area contributed by atoms with E-state index in [0.717, 1.165) is 16.1 Å². The van der Waals surface area contributed by atoms with E-state index in [0.29, 0.717) is 16.4 Å². The van der Waals surface area contributed by atoms with Gasteiger partial charge in [0.2, 0.25) is 0 Å². The zero-order valence-electron chi connectivity index (χ0n) is 12.6. The molecule has 0 bridgehead atoms. The lowest BCUT2D eigenvalue weighted by Crippen LogP contribution is -2.15. The fourth-order valence-corrected chi connectivity index (χ4v) is 4.52. The molecule has 0 aliphatic heterocycles. The lowest BCUT2D eigenvalue weighted by molar-refractivity contribution is 0.402. The minimum atomic E-state index is -3.73. The van der Waals surface area contributed by atoms with E-state index in [1.807, 2.05) is 26.8 Å². The Hall–Kier alpha value is -1.60. The summed E-state index contributed by atoms with van der Waals surface area (Å²) in [5.74, 6) is 0.338. The van der Waals surface area contributed by atoms with Gasteiger partial charge in [0, 0.05) is 4.88 Å². The minimum Gasteiger partial charge on any atom is -0.495 e. The van der Waals surface area contributed by atoms with Crippen LogP contribution in [0.2, 0.25) is 0 Å². The van der Waals surface area contributed by atoms with Gasteiger partial charge in [-0.3, -0.25) is 4.72 Å². The molecule has 0 aliphatic rings. The molecule has 0 aliphatic carbocycles. The molecule has 1 N–H and O–H groups in total. The van der Waals surface area contributed by atoms with Crippen molar-refractivity contribution in [2.75, 3.05) is 11.8 Å². The first-order valence-electron chi connectivity index (χ1n) is 6.36. The van der Waals surface area contributed by atoms with Crippen LogP contribution in [-0.4, -0.2) is 20.5 Å². The number of aromatic nitrogens is 1. The molecule has 1 aromatic heterocycles. The van der Waals surface area contributed by atoms with Crippen LogP contribution in [0.25, 0.3) is 0 Å². The molecule has 114 valence electrons. The molecule has 0 amide bonds. The van der Waals surface area contributed by atoms with Crippen molar-refractivity contribution in [1.82, 2.24) is 4.98 Å². The molecule has 2 rings (SSSR count). The molecule has 2 aromatic rings. The summed E-state index contributed by atoms with van der Waals surface area (Å²) in [5, 5.41) is 0.368. The highest BCUT2D eigenvalue weighted by Crippen LogP contribution is 2.31. The van der Waals surface area contributed by atoms with Crippen LogP contribution >= 0.6 is 11.3 Å². The van der Waals surface area contributed by atoms with Crippen LogP contribution in [-0.2, 0) is 10.0 Å². The number of thiazole rings is 1. The van der Waals surface area contributed by atoms with Crippen molar-refractivity contribution in [1.29, 1.82) is 0 Å². The molecule has 0 saturated carbocycles. The number of sulfonamides is 1. The fourth-order valence-electron chi connectivity index (χ4n) is 2.09. The maximum absolute atomic E-state index is 12.6. The monoisotopic (exact) mass is 326 g/mol. The lowest BCUT2D eigenvalue weighted by Gasteiger charge is -2.13. The summed E-state index contributed by atoms with van der Waals surface area (Å²) in [6.45, 7) is 7.40. The van der Waals surface area contributed by atoms with Gasteiger partial charge in [-0.15, -0.1) is 11.3 Å². The maximum atomic E-state index is 12.6. The van der Waals surface area contributed by atoms with E-state index in [9.17, 15) is 8.42 Å². The van der Waals surface area contributed by atoms with Gasteiger partial charge < -0.3 is 4.74 Å². The first kappa shape index (κ1) is 15.8. The van der Waals surface area contributed by atoms with Gasteiger partial charge in [-0.05, 0) is 44.9 Å². The van der Waals surface area contributed by atoms with E-state index in [1.165, 1.54) is 18.4 Å². The Labute approximate surface area is 129 Å². The molecule has 0 atom stereocenters. The summed E-state index contributed by atoms with van der Waals surface area (Å²) in [4.78, 5) is 5.35. The van der Waals surface area contributed by atoms with Crippen LogP contribution in [0.15, 0.2) is 17.0 Å². The molecular weight excluding hydrogens is 308 g/mol. The van der Waals surface area contributed by atoms with Gasteiger partial charge in [0.1, 0.15) is 10.6 Å². The summed E-state index contributed by atoms with van der Waals surface area (Å²) in [6.07, 6.45) is 0. The van der Waals surface area contributed by atoms with Crippen molar-refractivity contribution in [3.8, 4) is 5.75 Å². The predicted molar refractivity (Wildman–Crippen MR) is 84.9 cm³/mol. The second-order valence-electron chi connectivity index (χ2n) is 4.88. The van der Waals surface area contributed by atoms with E-state index in [2.05, 4.69) is 9.71 Å². The molecule has 0 spiro atoms. The number of rotatable bonds is 4. The van der Waals surface area contributed by atoms with Gasteiger partial charge in [-0.1, -0.05) is 6.07 Å². The Bertz CT molecular complexity index is 760. The van der Waals surface area contributed by atoms with Crippen molar-refractivity contribution in [3.63, 3.8) is 0 Å². The number of benzene rings is 1. The van der Waals surface area contributed by atoms with Crippen molar-refractivity contribution in [2.24, 2.45) is 0 Å². The molecule has 5 nitrogen and oxygen atoms in total. The Morgan fingerprint density at radius 3 is 2.38 bits per heavy atom. The Balaban J connectivity index is 2.49. The normalized spacial score (nSPS) is 11.5. The summed E-state index contributed by atoms with van der Waals surface area (Å²) in [5.41, 5.74) is 2.42. The third-order valence-electron chi connectivity index (χ3n) is 3.12. The molecule has 0 radical (unpaired) electrons. The van der Waals surface area contributed by atoms with Crippen LogP contribution in [0.3, 0.4) is 0 Å². The van der Waals surface area contributed by atoms with Gasteiger partial charge in [-0.2, -0.15) is 0 Å². The molecule has 0 saturated heterocycles. The Morgan fingerprint density at radius 1 is 1.19 bits per heavy atom. The number of anilines is 1. The van der Waals surface area contributed by atoms with Crippen LogP contribution in [0, 0.1) is 27.7 Å². The van der Waals surface area contributed by atoms with Crippen LogP contribution in [0.1, 0.15) is 21.7 Å². The van der Waals surface area contributed by atoms with Crippen molar-refractivity contribution in [2.45, 2.75) is 32.6 Å². The van der Waals surface area contributed by atoms with Gasteiger partial charge >= 0.3 is 0 Å². The second kappa shape index (κ2) is 5.65. The fraction of sp³-hybridized carbons (Fsp3) is 0.357. The van der Waals surface area contributed by atoms with E-state index in [4.69, 9.17) is 4.74 Å². The molecule has 1 aromatic carbocycles. The third kappa shape index (κ3) is 3.19. The van der Waals surface area contributed by atoms with Crippen molar-refractivity contribution < 1.29 is 13.2 Å². The van der Waals surface area contributed by atoms with E-state index in [1.54, 1.807) is 13.0 Å². The molecule has 0 unspecified atom stereocenters. The van der Waals surface area contributed by atoms with Gasteiger partial charge in [-0.25, -0.2) is 13.4 Å². The van der Waals surface area contributed by atoms with Crippen LogP contribution < -0.4 is 9.46 Å². The van der Waals surface area contributed by atoms with Crippen molar-refractivity contribution >= 4 is 26.5 Å². The summed E-state index contributed by atoms with van der Waals surface area (Å²) in [6, 6.07) is 3.52. The first-order valence-corrected chi connectivity index (χ1v) is 8.66. The number of aryl methyl sites for hydroxylation is 4. The molecule has 0 fully saturated rings. The van der Waals surface area contributed by atoms with Crippen LogP contribution in [0.5, 0.6) is 5.75 Å². The third-order valence-corrected chi connectivity index (χ3v) is 5.76. The molecule has 7 heteroatoms. The quantitative estimate of drug-likeness (QED) is 0.937. The minimum absolute atomic E-state index is 0.154. The lowest BCUT2D eigenvalue weighted by atomic mass is 10.1. The molecular formula is C14H18N2O3S2. The Kier molecular flexibility index (Phi) is 4.25. The predicted octanol–water partition coefficient (Wildman–Crippen LogP) is 3.19. The highest BCUT2D eigenvalue weighted by atomic mass is 32.2. The van der Waals surface area contributed by atoms with Crippen molar-refractivity contribution in [3.05, 3.63) is 33.8 Å². The first-order chi connectivity index (χ1) is 9.74. The number of nitrogens with zero attached hydrogens (tertiary/aromatic N) is 1. The molecule has 21 heavy (non-hydrogen) atoms. The van der Waals surface area contributed by atoms with Crippen LogP contribution in [0.4, 0.5) is 5.13 Å².